The molecule has 0 saturated carbocycles. The molecule has 194 valence electrons. The molecule has 0 fully saturated rings. The Morgan fingerprint density at radius 3 is 2.38 bits per heavy atom. The third-order valence-electron chi connectivity index (χ3n) is 5.80. The summed E-state index contributed by atoms with van der Waals surface area (Å²) in [6.45, 7) is 1.92. The van der Waals surface area contributed by atoms with Crippen LogP contribution in [-0.2, 0) is 32.5 Å². The van der Waals surface area contributed by atoms with Crippen molar-refractivity contribution in [2.24, 2.45) is 5.73 Å². The van der Waals surface area contributed by atoms with E-state index in [1.165, 1.54) is 11.4 Å². The molecule has 0 unspecified atom stereocenters. The molecule has 0 amide bonds. The van der Waals surface area contributed by atoms with Gasteiger partial charge in [0.25, 0.3) is 10.0 Å². The lowest BCUT2D eigenvalue weighted by Crippen LogP contribution is -2.26. The quantitative estimate of drug-likeness (QED) is 0.188. The van der Waals surface area contributed by atoms with Gasteiger partial charge in [0.2, 0.25) is 0 Å². The number of aromatic nitrogens is 2. The largest absolute Gasteiger partial charge is 0.465 e. The standard InChI is InChI=1S/C26H27N5O4S.ClH/c1-3-35-25(32)17-31-23-16-20(30(2)36(33,34)21-7-5-4-6-8-21)13-14-22(23)29-24(31)15-18-9-11-19(12-10-18)26(27)28;/h4-14,16H,3,15,17H2,1-2H3,(H3,27,28);1H. The molecule has 0 aliphatic heterocycles. The molecule has 1 heterocycles. The number of amidine groups is 1. The fraction of sp³-hybridized carbons (Fsp3) is 0.192. The van der Waals surface area contributed by atoms with Crippen molar-refractivity contribution in [1.29, 1.82) is 5.41 Å². The van der Waals surface area contributed by atoms with Crippen LogP contribution in [0.2, 0.25) is 0 Å². The third kappa shape index (κ3) is 5.92. The third-order valence-corrected chi connectivity index (χ3v) is 7.60. The van der Waals surface area contributed by atoms with Crippen molar-refractivity contribution in [3.05, 3.63) is 89.7 Å². The Labute approximate surface area is 221 Å². The van der Waals surface area contributed by atoms with Crippen LogP contribution < -0.4 is 10.0 Å². The van der Waals surface area contributed by atoms with Gasteiger partial charge in [0.05, 0.1) is 28.2 Å². The first kappa shape index (κ1) is 27.7. The normalized spacial score (nSPS) is 11.1. The molecule has 0 spiro atoms. The zero-order valence-corrected chi connectivity index (χ0v) is 22.1. The molecule has 0 aliphatic rings. The lowest BCUT2D eigenvalue weighted by atomic mass is 10.1. The first-order chi connectivity index (χ1) is 17.2. The summed E-state index contributed by atoms with van der Waals surface area (Å²) in [7, 11) is -2.28. The number of carbonyl (C=O) groups excluding carboxylic acids is 1. The molecule has 0 bridgehead atoms. The van der Waals surface area contributed by atoms with Gasteiger partial charge in [-0.3, -0.25) is 14.5 Å². The zero-order chi connectivity index (χ0) is 25.9. The van der Waals surface area contributed by atoms with E-state index in [-0.39, 0.29) is 36.3 Å². The van der Waals surface area contributed by atoms with Gasteiger partial charge in [-0.2, -0.15) is 0 Å². The lowest BCUT2D eigenvalue weighted by molar-refractivity contribution is -0.143. The Morgan fingerprint density at radius 2 is 1.76 bits per heavy atom. The predicted molar refractivity (Wildman–Crippen MR) is 146 cm³/mol. The van der Waals surface area contributed by atoms with Gasteiger partial charge in [0, 0.05) is 19.0 Å². The summed E-state index contributed by atoms with van der Waals surface area (Å²) in [4.78, 5) is 17.3. The second-order valence-corrected chi connectivity index (χ2v) is 10.1. The number of rotatable bonds is 9. The van der Waals surface area contributed by atoms with Crippen LogP contribution in [0.5, 0.6) is 0 Å². The number of sulfonamides is 1. The molecule has 1 aromatic heterocycles. The van der Waals surface area contributed by atoms with E-state index in [1.807, 2.05) is 12.1 Å². The minimum absolute atomic E-state index is 0. The van der Waals surface area contributed by atoms with E-state index in [4.69, 9.17) is 20.9 Å². The molecule has 37 heavy (non-hydrogen) atoms. The van der Waals surface area contributed by atoms with Crippen LogP contribution in [0.15, 0.2) is 77.7 Å². The monoisotopic (exact) mass is 541 g/mol. The minimum atomic E-state index is -3.77. The number of imidazole rings is 1. The molecular weight excluding hydrogens is 514 g/mol. The van der Waals surface area contributed by atoms with Gasteiger partial charge in [-0.15, -0.1) is 12.4 Å². The topological polar surface area (TPSA) is 131 Å². The van der Waals surface area contributed by atoms with E-state index in [9.17, 15) is 13.2 Å². The van der Waals surface area contributed by atoms with Crippen molar-refractivity contribution in [2.75, 3.05) is 18.0 Å². The van der Waals surface area contributed by atoms with Gasteiger partial charge in [-0.1, -0.05) is 42.5 Å². The number of esters is 1. The average Bonchev–Trinajstić information content (AvgIpc) is 3.20. The first-order valence-corrected chi connectivity index (χ1v) is 12.8. The Morgan fingerprint density at radius 1 is 1.08 bits per heavy atom. The summed E-state index contributed by atoms with van der Waals surface area (Å²) in [5.41, 5.74) is 8.77. The fourth-order valence-electron chi connectivity index (χ4n) is 3.88. The summed E-state index contributed by atoms with van der Waals surface area (Å²) >= 11 is 0. The molecule has 4 aromatic rings. The van der Waals surface area contributed by atoms with Crippen LogP contribution in [0.3, 0.4) is 0 Å². The van der Waals surface area contributed by atoms with Crippen LogP contribution in [0.25, 0.3) is 11.0 Å². The smallest absolute Gasteiger partial charge is 0.326 e. The van der Waals surface area contributed by atoms with Crippen LogP contribution >= 0.6 is 12.4 Å². The molecule has 3 N–H and O–H groups in total. The second kappa shape index (κ2) is 11.4. The predicted octanol–water partition coefficient (Wildman–Crippen LogP) is 3.72. The number of carbonyl (C=O) groups is 1. The van der Waals surface area contributed by atoms with Crippen molar-refractivity contribution in [2.45, 2.75) is 24.8 Å². The van der Waals surface area contributed by atoms with E-state index < -0.39 is 16.0 Å². The Balaban J connectivity index is 0.00000380. The second-order valence-electron chi connectivity index (χ2n) is 8.17. The van der Waals surface area contributed by atoms with Gasteiger partial charge >= 0.3 is 5.97 Å². The number of fused-ring (bicyclic) bond motifs is 1. The van der Waals surface area contributed by atoms with E-state index in [0.717, 1.165) is 5.56 Å². The SMILES string of the molecule is CCOC(=O)Cn1c(Cc2ccc(C(=N)N)cc2)nc2ccc(N(C)S(=O)(=O)c3ccccc3)cc21.Cl. The van der Waals surface area contributed by atoms with Crippen LogP contribution in [0, 0.1) is 5.41 Å². The minimum Gasteiger partial charge on any atom is -0.465 e. The van der Waals surface area contributed by atoms with Crippen molar-refractivity contribution >= 4 is 51.0 Å². The van der Waals surface area contributed by atoms with Crippen LogP contribution in [0.4, 0.5) is 5.69 Å². The molecule has 4 rings (SSSR count). The van der Waals surface area contributed by atoms with Gasteiger partial charge < -0.3 is 15.0 Å². The zero-order valence-electron chi connectivity index (χ0n) is 20.4. The number of hydrogen-bond donors (Lipinski definition) is 2. The molecule has 0 aliphatic carbocycles. The average molecular weight is 542 g/mol. The molecule has 0 atom stereocenters. The van der Waals surface area contributed by atoms with Gasteiger partial charge in [0.1, 0.15) is 18.2 Å². The summed E-state index contributed by atoms with van der Waals surface area (Å²) in [6, 6.07) is 20.6. The van der Waals surface area contributed by atoms with Crippen LogP contribution in [0.1, 0.15) is 23.9 Å². The Bertz CT molecular complexity index is 1520. The number of nitrogens with zero attached hydrogens (tertiary/aromatic N) is 3. The maximum absolute atomic E-state index is 13.1. The molecular formula is C26H28ClN5O4S. The highest BCUT2D eigenvalue weighted by atomic mass is 35.5. The van der Waals surface area contributed by atoms with Gasteiger partial charge in [-0.25, -0.2) is 13.4 Å². The number of halogens is 1. The molecule has 3 aromatic carbocycles. The van der Waals surface area contributed by atoms with E-state index in [1.54, 1.807) is 72.2 Å². The number of benzene rings is 3. The van der Waals surface area contributed by atoms with Crippen molar-refractivity contribution < 1.29 is 17.9 Å². The van der Waals surface area contributed by atoms with Crippen molar-refractivity contribution in [1.82, 2.24) is 9.55 Å². The number of ether oxygens (including phenoxy) is 1. The lowest BCUT2D eigenvalue weighted by Gasteiger charge is -2.20. The highest BCUT2D eigenvalue weighted by Crippen LogP contribution is 2.27. The first-order valence-electron chi connectivity index (χ1n) is 11.3. The summed E-state index contributed by atoms with van der Waals surface area (Å²) in [5.74, 6) is 0.193. The van der Waals surface area contributed by atoms with E-state index >= 15 is 0 Å². The fourth-order valence-corrected chi connectivity index (χ4v) is 5.09. The highest BCUT2D eigenvalue weighted by molar-refractivity contribution is 7.92. The number of nitrogen functional groups attached to an aromatic ring is 1. The molecule has 0 saturated heterocycles. The number of nitrogens with one attached hydrogen (secondary N) is 1. The Hall–Kier alpha value is -3.89. The van der Waals surface area contributed by atoms with Crippen molar-refractivity contribution in [3.63, 3.8) is 0 Å². The number of nitrogens with two attached hydrogens (primary N) is 1. The highest BCUT2D eigenvalue weighted by Gasteiger charge is 2.23. The number of hydrogen-bond acceptors (Lipinski definition) is 6. The number of anilines is 1. The Kier molecular flexibility index (Phi) is 8.57. The molecule has 0 radical (unpaired) electrons. The summed E-state index contributed by atoms with van der Waals surface area (Å²) in [5, 5.41) is 7.57. The van der Waals surface area contributed by atoms with Gasteiger partial charge in [0.15, 0.2) is 0 Å². The molecule has 11 heteroatoms. The van der Waals surface area contributed by atoms with Gasteiger partial charge in [-0.05, 0) is 42.8 Å². The molecule has 9 nitrogen and oxygen atoms in total. The maximum Gasteiger partial charge on any atom is 0.326 e. The van der Waals surface area contributed by atoms with Crippen molar-refractivity contribution in [3.8, 4) is 0 Å². The van der Waals surface area contributed by atoms with E-state index in [2.05, 4.69) is 0 Å². The maximum atomic E-state index is 13.1. The summed E-state index contributed by atoms with van der Waals surface area (Å²) in [6.07, 6.45) is 0.416. The summed E-state index contributed by atoms with van der Waals surface area (Å²) < 4.78 is 34.4. The van der Waals surface area contributed by atoms with Crippen LogP contribution in [-0.4, -0.2) is 43.4 Å². The van der Waals surface area contributed by atoms with E-state index in [0.29, 0.717) is 34.5 Å².